The summed E-state index contributed by atoms with van der Waals surface area (Å²) in [4.78, 5) is 10.2. The summed E-state index contributed by atoms with van der Waals surface area (Å²) in [5, 5.41) is 0. The van der Waals surface area contributed by atoms with Crippen molar-refractivity contribution >= 4 is 25.3 Å². The Morgan fingerprint density at radius 1 is 0.786 bits per heavy atom. The van der Waals surface area contributed by atoms with E-state index in [2.05, 4.69) is 35.2 Å². The van der Waals surface area contributed by atoms with Gasteiger partial charge >= 0.3 is 0 Å². The van der Waals surface area contributed by atoms with Crippen LogP contribution in [-0.4, -0.2) is 9.97 Å². The Morgan fingerprint density at radius 2 is 1.21 bits per heavy atom. The van der Waals surface area contributed by atoms with E-state index in [1.54, 1.807) is 12.4 Å². The largest absolute Gasteiger partial charge is 0.255 e. The summed E-state index contributed by atoms with van der Waals surface area (Å²) in [7, 11) is 0. The van der Waals surface area contributed by atoms with E-state index in [0.29, 0.717) is 0 Å². The van der Waals surface area contributed by atoms with Crippen LogP contribution >= 0.6 is 25.3 Å². The summed E-state index contributed by atoms with van der Waals surface area (Å²) >= 11 is 8.49. The molecular weight excluding hydrogens is 212 g/mol. The second-order valence-electron chi connectivity index (χ2n) is 2.80. The minimum absolute atomic E-state index is 0.813. The quantitative estimate of drug-likeness (QED) is 0.723. The molecule has 0 aliphatic rings. The van der Waals surface area contributed by atoms with Gasteiger partial charge in [-0.15, -0.1) is 25.3 Å². The molecule has 0 fully saturated rings. The summed E-state index contributed by atoms with van der Waals surface area (Å²) in [6.45, 7) is 0. The number of aromatic nitrogens is 2. The maximum absolute atomic E-state index is 4.24. The topological polar surface area (TPSA) is 25.8 Å². The minimum atomic E-state index is 0.813. The fourth-order valence-corrected chi connectivity index (χ4v) is 1.50. The van der Waals surface area contributed by atoms with Crippen LogP contribution in [0, 0.1) is 0 Å². The zero-order chi connectivity index (χ0) is 9.97. The Morgan fingerprint density at radius 3 is 1.57 bits per heavy atom. The lowest BCUT2D eigenvalue weighted by Gasteiger charge is -2.00. The van der Waals surface area contributed by atoms with Gasteiger partial charge in [0.25, 0.3) is 0 Å². The van der Waals surface area contributed by atoms with Gasteiger partial charge in [0, 0.05) is 22.2 Å². The predicted molar refractivity (Wildman–Crippen MR) is 62.0 cm³/mol. The normalized spacial score (nSPS) is 10.1. The molecule has 2 rings (SSSR count). The number of pyridine rings is 2. The summed E-state index contributed by atoms with van der Waals surface area (Å²) in [6.07, 6.45) is 3.43. The first kappa shape index (κ1) is 9.55. The van der Waals surface area contributed by atoms with Gasteiger partial charge in [-0.05, 0) is 24.3 Å². The fraction of sp³-hybridized carbons (Fsp3) is 0. The summed E-state index contributed by atoms with van der Waals surface area (Å²) in [6, 6.07) is 7.41. The van der Waals surface area contributed by atoms with Crippen molar-refractivity contribution in [3.05, 3.63) is 36.7 Å². The highest BCUT2D eigenvalue weighted by atomic mass is 32.1. The third-order valence-corrected chi connectivity index (χ3v) is 2.31. The zero-order valence-electron chi connectivity index (χ0n) is 7.25. The highest BCUT2D eigenvalue weighted by Gasteiger charge is 2.00. The maximum Gasteiger partial charge on any atom is 0.0897 e. The van der Waals surface area contributed by atoms with Gasteiger partial charge in [-0.25, -0.2) is 0 Å². The van der Waals surface area contributed by atoms with E-state index >= 15 is 0 Å². The smallest absolute Gasteiger partial charge is 0.0897 e. The molecule has 14 heavy (non-hydrogen) atoms. The maximum atomic E-state index is 4.24. The molecule has 0 radical (unpaired) electrons. The molecule has 0 atom stereocenters. The van der Waals surface area contributed by atoms with E-state index in [1.807, 2.05) is 24.3 Å². The van der Waals surface area contributed by atoms with Crippen molar-refractivity contribution in [2.45, 2.75) is 9.79 Å². The van der Waals surface area contributed by atoms with Crippen molar-refractivity contribution in [2.24, 2.45) is 0 Å². The van der Waals surface area contributed by atoms with E-state index in [4.69, 9.17) is 0 Å². The summed E-state index contributed by atoms with van der Waals surface area (Å²) in [5.74, 6) is 0. The van der Waals surface area contributed by atoms with Gasteiger partial charge in [0.05, 0.1) is 11.4 Å². The molecule has 0 amide bonds. The Bertz CT molecular complexity index is 414. The van der Waals surface area contributed by atoms with Crippen molar-refractivity contribution < 1.29 is 0 Å². The number of hydrogen-bond donors (Lipinski definition) is 2. The van der Waals surface area contributed by atoms with Gasteiger partial charge in [0.1, 0.15) is 0 Å². The first-order valence-electron chi connectivity index (χ1n) is 4.06. The van der Waals surface area contributed by atoms with Crippen molar-refractivity contribution in [2.75, 3.05) is 0 Å². The first-order chi connectivity index (χ1) is 6.75. The van der Waals surface area contributed by atoms with Crippen LogP contribution in [0.4, 0.5) is 0 Å². The van der Waals surface area contributed by atoms with Gasteiger partial charge < -0.3 is 0 Å². The summed E-state index contributed by atoms with van der Waals surface area (Å²) < 4.78 is 0. The molecule has 0 N–H and O–H groups in total. The molecule has 0 aliphatic carbocycles. The predicted octanol–water partition coefficient (Wildman–Crippen LogP) is 2.72. The molecule has 0 aliphatic heterocycles. The van der Waals surface area contributed by atoms with Crippen LogP contribution in [0.2, 0.25) is 0 Å². The molecule has 4 heteroatoms. The van der Waals surface area contributed by atoms with Crippen LogP contribution < -0.4 is 0 Å². The average molecular weight is 220 g/mol. The Labute approximate surface area is 93.2 Å². The molecule has 0 aromatic carbocycles. The van der Waals surface area contributed by atoms with Crippen molar-refractivity contribution in [3.8, 4) is 11.4 Å². The average Bonchev–Trinajstić information content (AvgIpc) is 2.18. The van der Waals surface area contributed by atoms with Crippen LogP contribution in [0.5, 0.6) is 0 Å². The van der Waals surface area contributed by atoms with Crippen molar-refractivity contribution in [1.82, 2.24) is 9.97 Å². The van der Waals surface area contributed by atoms with Crippen LogP contribution in [0.1, 0.15) is 0 Å². The molecule has 2 aromatic heterocycles. The molecule has 0 saturated heterocycles. The third kappa shape index (κ3) is 2.08. The van der Waals surface area contributed by atoms with Crippen molar-refractivity contribution in [3.63, 3.8) is 0 Å². The van der Waals surface area contributed by atoms with Crippen LogP contribution in [0.3, 0.4) is 0 Å². The van der Waals surface area contributed by atoms with E-state index < -0.39 is 0 Å². The Kier molecular flexibility index (Phi) is 2.74. The lowest BCUT2D eigenvalue weighted by molar-refractivity contribution is 1.19. The van der Waals surface area contributed by atoms with E-state index in [1.165, 1.54) is 0 Å². The third-order valence-electron chi connectivity index (χ3n) is 1.75. The van der Waals surface area contributed by atoms with Crippen LogP contribution in [-0.2, 0) is 0 Å². The monoisotopic (exact) mass is 220 g/mol. The molecule has 2 aromatic rings. The second-order valence-corrected chi connectivity index (χ2v) is 3.83. The molecule has 0 saturated carbocycles. The van der Waals surface area contributed by atoms with Gasteiger partial charge in [0.2, 0.25) is 0 Å². The second kappa shape index (κ2) is 4.02. The SMILES string of the molecule is Sc1ccnc(-c2cc(S)ccn2)c1. The molecule has 70 valence electrons. The molecule has 0 spiro atoms. The van der Waals surface area contributed by atoms with Crippen molar-refractivity contribution in [1.29, 1.82) is 0 Å². The van der Waals surface area contributed by atoms with Gasteiger partial charge in [0.15, 0.2) is 0 Å². The Balaban J connectivity index is 2.49. The lowest BCUT2D eigenvalue weighted by Crippen LogP contribution is -1.86. The highest BCUT2D eigenvalue weighted by molar-refractivity contribution is 7.80. The summed E-state index contributed by atoms with van der Waals surface area (Å²) in [5.41, 5.74) is 1.63. The van der Waals surface area contributed by atoms with Gasteiger partial charge in [-0.1, -0.05) is 0 Å². The number of rotatable bonds is 1. The zero-order valence-corrected chi connectivity index (χ0v) is 9.04. The van der Waals surface area contributed by atoms with Gasteiger partial charge in [-0.2, -0.15) is 0 Å². The standard InChI is InChI=1S/C10H8N2S2/c13-7-1-3-11-9(5-7)10-6-8(14)2-4-12-10/h1-6H,(H,11,13)(H,12,14). The number of hydrogen-bond acceptors (Lipinski definition) is 4. The minimum Gasteiger partial charge on any atom is -0.255 e. The first-order valence-corrected chi connectivity index (χ1v) is 4.95. The van der Waals surface area contributed by atoms with Crippen LogP contribution in [0.25, 0.3) is 11.4 Å². The molecule has 0 unspecified atom stereocenters. The van der Waals surface area contributed by atoms with Gasteiger partial charge in [-0.3, -0.25) is 9.97 Å². The fourth-order valence-electron chi connectivity index (χ4n) is 1.12. The molecular formula is C10H8N2S2. The van der Waals surface area contributed by atoms with E-state index in [0.717, 1.165) is 21.2 Å². The van der Waals surface area contributed by atoms with Crippen LogP contribution in [0.15, 0.2) is 46.5 Å². The molecule has 0 bridgehead atoms. The molecule has 2 nitrogen and oxygen atoms in total. The van der Waals surface area contributed by atoms with E-state index in [-0.39, 0.29) is 0 Å². The number of thiol groups is 2. The lowest BCUT2D eigenvalue weighted by atomic mass is 10.2. The highest BCUT2D eigenvalue weighted by Crippen LogP contribution is 2.19. The molecule has 2 heterocycles. The Hall–Kier alpha value is -1.00. The number of nitrogens with zero attached hydrogens (tertiary/aromatic N) is 2. The van der Waals surface area contributed by atoms with E-state index in [9.17, 15) is 0 Å².